The summed E-state index contributed by atoms with van der Waals surface area (Å²) in [6, 6.07) is -0.0582. The molecule has 1 unspecified atom stereocenters. The Bertz CT molecular complexity index is 551. The predicted octanol–water partition coefficient (Wildman–Crippen LogP) is 2.90. The molecule has 0 amide bonds. The monoisotopic (exact) mass is 484 g/mol. The highest BCUT2D eigenvalue weighted by atomic mass is 127. The highest BCUT2D eigenvalue weighted by Gasteiger charge is 2.20. The van der Waals surface area contributed by atoms with Gasteiger partial charge in [-0.15, -0.1) is 35.3 Å². The number of aromatic nitrogens is 1. The van der Waals surface area contributed by atoms with Gasteiger partial charge in [0.1, 0.15) is 9.88 Å². The number of guanidine groups is 1. The Balaban J connectivity index is 0.00000576. The van der Waals surface area contributed by atoms with Gasteiger partial charge in [-0.3, -0.25) is 4.99 Å². The zero-order chi connectivity index (χ0) is 17.9. The average molecular weight is 484 g/mol. The first kappa shape index (κ1) is 24.1. The molecule has 0 fully saturated rings. The molecule has 0 radical (unpaired) electrons. The van der Waals surface area contributed by atoms with Gasteiger partial charge in [0.15, 0.2) is 5.96 Å². The van der Waals surface area contributed by atoms with Crippen LogP contribution in [-0.2, 0) is 9.47 Å². The van der Waals surface area contributed by atoms with Gasteiger partial charge in [0, 0.05) is 26.8 Å². The van der Waals surface area contributed by atoms with Crippen LogP contribution in [0.4, 0.5) is 0 Å². The summed E-state index contributed by atoms with van der Waals surface area (Å²) >= 11 is 1.36. The summed E-state index contributed by atoms with van der Waals surface area (Å²) in [6.07, 6.45) is 0.866. The van der Waals surface area contributed by atoms with Gasteiger partial charge in [-0.2, -0.15) is 0 Å². The molecule has 7 nitrogen and oxygen atoms in total. The van der Waals surface area contributed by atoms with Crippen molar-refractivity contribution in [2.24, 2.45) is 4.99 Å². The van der Waals surface area contributed by atoms with Crippen molar-refractivity contribution in [3.05, 3.63) is 15.6 Å². The van der Waals surface area contributed by atoms with Crippen LogP contribution in [0.15, 0.2) is 4.99 Å². The Morgan fingerprint density at radius 3 is 2.72 bits per heavy atom. The lowest BCUT2D eigenvalue weighted by molar-refractivity contribution is 0.0531. The van der Waals surface area contributed by atoms with E-state index in [4.69, 9.17) is 9.47 Å². The van der Waals surface area contributed by atoms with E-state index in [1.54, 1.807) is 14.0 Å². The first-order chi connectivity index (χ1) is 11.5. The summed E-state index contributed by atoms with van der Waals surface area (Å²) in [5.74, 6) is 0.415. The number of aliphatic imine (C=N–C) groups is 1. The topological polar surface area (TPSA) is 84.8 Å². The van der Waals surface area contributed by atoms with Crippen LogP contribution in [0.1, 0.15) is 53.6 Å². The lowest BCUT2D eigenvalue weighted by Gasteiger charge is -2.16. The molecule has 0 bridgehead atoms. The number of hydrogen-bond acceptors (Lipinski definition) is 6. The third-order valence-corrected chi connectivity index (χ3v) is 4.44. The average Bonchev–Trinajstić information content (AvgIpc) is 2.94. The molecule has 1 aromatic rings. The van der Waals surface area contributed by atoms with E-state index in [-0.39, 0.29) is 36.0 Å². The molecule has 0 aliphatic rings. The number of nitrogens with zero attached hydrogens (tertiary/aromatic N) is 2. The van der Waals surface area contributed by atoms with Gasteiger partial charge >= 0.3 is 5.97 Å². The lowest BCUT2D eigenvalue weighted by atomic mass is 10.3. The van der Waals surface area contributed by atoms with Crippen LogP contribution in [0.3, 0.4) is 0 Å². The molecule has 0 aliphatic heterocycles. The van der Waals surface area contributed by atoms with Crippen molar-refractivity contribution < 1.29 is 14.3 Å². The highest BCUT2D eigenvalue weighted by Crippen LogP contribution is 2.24. The Labute approximate surface area is 171 Å². The van der Waals surface area contributed by atoms with Gasteiger partial charge in [-0.25, -0.2) is 9.78 Å². The molecule has 1 rings (SSSR count). The van der Waals surface area contributed by atoms with Gasteiger partial charge in [0.25, 0.3) is 0 Å². The van der Waals surface area contributed by atoms with E-state index in [0.717, 1.165) is 23.9 Å². The van der Waals surface area contributed by atoms with Crippen molar-refractivity contribution in [2.45, 2.75) is 40.2 Å². The van der Waals surface area contributed by atoms with E-state index < -0.39 is 0 Å². The molecule has 1 atom stereocenters. The number of carbonyl (C=O) groups is 1. The summed E-state index contributed by atoms with van der Waals surface area (Å²) in [6.45, 7) is 10.1. The minimum Gasteiger partial charge on any atom is -0.462 e. The number of aryl methyl sites for hydroxylation is 1. The van der Waals surface area contributed by atoms with E-state index in [1.807, 2.05) is 20.8 Å². The number of hydrogen-bond donors (Lipinski definition) is 2. The molecular formula is C16H29IN4O3S. The summed E-state index contributed by atoms with van der Waals surface area (Å²) in [5, 5.41) is 7.36. The van der Waals surface area contributed by atoms with Crippen molar-refractivity contribution in [3.63, 3.8) is 0 Å². The molecule has 2 N–H and O–H groups in total. The fraction of sp³-hybridized carbons (Fsp3) is 0.688. The van der Waals surface area contributed by atoms with Crippen LogP contribution in [-0.4, -0.2) is 50.3 Å². The highest BCUT2D eigenvalue weighted by molar-refractivity contribution is 14.0. The van der Waals surface area contributed by atoms with E-state index in [0.29, 0.717) is 30.3 Å². The summed E-state index contributed by atoms with van der Waals surface area (Å²) in [7, 11) is 1.68. The summed E-state index contributed by atoms with van der Waals surface area (Å²) in [4.78, 5) is 21.5. The molecule has 144 valence electrons. The minimum absolute atomic E-state index is 0. The van der Waals surface area contributed by atoms with Crippen LogP contribution in [0.25, 0.3) is 0 Å². The van der Waals surface area contributed by atoms with Crippen molar-refractivity contribution in [1.29, 1.82) is 0 Å². The Morgan fingerprint density at radius 2 is 2.12 bits per heavy atom. The zero-order valence-corrected chi connectivity index (χ0v) is 18.7. The maximum absolute atomic E-state index is 11.9. The van der Waals surface area contributed by atoms with Gasteiger partial charge in [-0.05, 0) is 34.1 Å². The Kier molecular flexibility index (Phi) is 12.8. The number of carbonyl (C=O) groups excluding carboxylic acids is 1. The lowest BCUT2D eigenvalue weighted by Crippen LogP contribution is -2.38. The van der Waals surface area contributed by atoms with Crippen molar-refractivity contribution >= 4 is 47.2 Å². The first-order valence-electron chi connectivity index (χ1n) is 8.21. The van der Waals surface area contributed by atoms with Crippen LogP contribution in [0.2, 0.25) is 0 Å². The van der Waals surface area contributed by atoms with Gasteiger partial charge < -0.3 is 20.1 Å². The maximum atomic E-state index is 11.9. The van der Waals surface area contributed by atoms with E-state index in [2.05, 4.69) is 20.6 Å². The fourth-order valence-electron chi connectivity index (χ4n) is 1.98. The number of ether oxygens (including phenoxy) is 2. The van der Waals surface area contributed by atoms with Crippen molar-refractivity contribution in [2.75, 3.05) is 33.4 Å². The fourth-order valence-corrected chi connectivity index (χ4v) is 2.94. The normalized spacial score (nSPS) is 12.3. The summed E-state index contributed by atoms with van der Waals surface area (Å²) in [5.41, 5.74) is 0.698. The largest absolute Gasteiger partial charge is 0.462 e. The van der Waals surface area contributed by atoms with Gasteiger partial charge in [0.2, 0.25) is 0 Å². The zero-order valence-electron chi connectivity index (χ0n) is 15.5. The van der Waals surface area contributed by atoms with Crippen LogP contribution >= 0.6 is 35.3 Å². The maximum Gasteiger partial charge on any atom is 0.350 e. The number of thiazole rings is 1. The second-order valence-electron chi connectivity index (χ2n) is 5.16. The smallest absolute Gasteiger partial charge is 0.350 e. The Morgan fingerprint density at radius 1 is 1.40 bits per heavy atom. The predicted molar refractivity (Wildman–Crippen MR) is 112 cm³/mol. The standard InChI is InChI=1S/C16H28N4O3S.HI/c1-6-17-16(18-9-8-10-22-5)20-12(4)14-19-11(3)13(24-14)15(21)23-7-2;/h12H,6-10H2,1-5H3,(H2,17,18,20);1H. The third kappa shape index (κ3) is 8.32. The number of esters is 1. The van der Waals surface area contributed by atoms with Crippen LogP contribution < -0.4 is 10.6 Å². The molecule has 1 heterocycles. The van der Waals surface area contributed by atoms with E-state index in [9.17, 15) is 4.79 Å². The second kappa shape index (κ2) is 13.3. The van der Waals surface area contributed by atoms with Crippen LogP contribution in [0, 0.1) is 6.92 Å². The molecular weight excluding hydrogens is 455 g/mol. The molecule has 25 heavy (non-hydrogen) atoms. The summed E-state index contributed by atoms with van der Waals surface area (Å²) < 4.78 is 10.1. The van der Waals surface area contributed by atoms with Crippen molar-refractivity contribution in [1.82, 2.24) is 15.6 Å². The SMILES string of the molecule is CCNC(=NCCCOC)NC(C)c1nc(C)c(C(=O)OCC)s1.I. The number of methoxy groups -OCH3 is 1. The second-order valence-corrected chi connectivity index (χ2v) is 6.19. The van der Waals surface area contributed by atoms with Gasteiger partial charge in [-0.1, -0.05) is 0 Å². The Hall–Kier alpha value is -0.940. The molecule has 0 aromatic carbocycles. The van der Waals surface area contributed by atoms with Crippen LogP contribution in [0.5, 0.6) is 0 Å². The molecule has 0 saturated carbocycles. The van der Waals surface area contributed by atoms with Crippen molar-refractivity contribution in [3.8, 4) is 0 Å². The minimum atomic E-state index is -0.314. The quantitative estimate of drug-likeness (QED) is 0.184. The van der Waals surface area contributed by atoms with Gasteiger partial charge in [0.05, 0.1) is 18.3 Å². The molecule has 9 heteroatoms. The molecule has 0 spiro atoms. The number of nitrogens with one attached hydrogen (secondary N) is 2. The molecule has 0 aliphatic carbocycles. The number of halogens is 1. The number of rotatable bonds is 9. The molecule has 0 saturated heterocycles. The van der Waals surface area contributed by atoms with E-state index in [1.165, 1.54) is 11.3 Å². The first-order valence-corrected chi connectivity index (χ1v) is 9.03. The third-order valence-electron chi connectivity index (χ3n) is 3.12. The molecule has 1 aromatic heterocycles. The van der Waals surface area contributed by atoms with E-state index >= 15 is 0 Å².